The molecule has 4 heterocycles. The summed E-state index contributed by atoms with van der Waals surface area (Å²) in [7, 11) is 0. The largest absolute Gasteiger partial charge is 0.392 e. The Morgan fingerprint density at radius 1 is 1.38 bits per heavy atom. The Morgan fingerprint density at radius 2 is 2.25 bits per heavy atom. The summed E-state index contributed by atoms with van der Waals surface area (Å²) < 4.78 is 8.20. The van der Waals surface area contributed by atoms with E-state index < -0.39 is 6.10 Å². The molecule has 1 N–H and O–H groups in total. The molecule has 0 amide bonds. The van der Waals surface area contributed by atoms with Crippen molar-refractivity contribution in [1.82, 2.24) is 29.2 Å². The van der Waals surface area contributed by atoms with Crippen LogP contribution in [0.15, 0.2) is 33.7 Å². The molecule has 1 saturated heterocycles. The van der Waals surface area contributed by atoms with Gasteiger partial charge in [-0.05, 0) is 25.5 Å². The highest BCUT2D eigenvalue weighted by Crippen LogP contribution is 2.30. The van der Waals surface area contributed by atoms with Crippen LogP contribution in [0, 0.1) is 6.92 Å². The number of fused-ring (bicyclic) bond motifs is 1. The van der Waals surface area contributed by atoms with E-state index in [1.54, 1.807) is 25.3 Å². The predicted octanol–water partition coefficient (Wildman–Crippen LogP) is -0.00468. The third kappa shape index (κ3) is 2.61. The van der Waals surface area contributed by atoms with Crippen molar-refractivity contribution in [2.45, 2.75) is 32.0 Å². The van der Waals surface area contributed by atoms with E-state index in [2.05, 4.69) is 15.2 Å². The summed E-state index contributed by atoms with van der Waals surface area (Å²) in [5, 5.41) is 18.1. The van der Waals surface area contributed by atoms with Gasteiger partial charge in [0.15, 0.2) is 11.5 Å². The SMILES string of the molecule is Cc1noc([C@H]2C[C@H](O)CN2CCn2nc3ccccn3c2=O)n1. The molecule has 3 aromatic rings. The second-order valence-electron chi connectivity index (χ2n) is 6.01. The maximum absolute atomic E-state index is 12.3. The Hall–Kier alpha value is -2.52. The van der Waals surface area contributed by atoms with Gasteiger partial charge in [0, 0.05) is 19.3 Å². The fourth-order valence-corrected chi connectivity index (χ4v) is 3.17. The molecule has 1 aliphatic rings. The molecule has 0 aromatic carbocycles. The van der Waals surface area contributed by atoms with Gasteiger partial charge in [-0.2, -0.15) is 4.98 Å². The van der Waals surface area contributed by atoms with Crippen molar-refractivity contribution < 1.29 is 9.63 Å². The lowest BCUT2D eigenvalue weighted by Gasteiger charge is -2.20. The van der Waals surface area contributed by atoms with E-state index in [0.29, 0.717) is 43.4 Å². The number of hydrogen-bond donors (Lipinski definition) is 1. The molecule has 0 saturated carbocycles. The van der Waals surface area contributed by atoms with Gasteiger partial charge < -0.3 is 9.63 Å². The minimum absolute atomic E-state index is 0.131. The zero-order valence-corrected chi connectivity index (χ0v) is 13.2. The van der Waals surface area contributed by atoms with Crippen LogP contribution in [0.4, 0.5) is 0 Å². The number of hydrogen-bond acceptors (Lipinski definition) is 7. The van der Waals surface area contributed by atoms with E-state index in [4.69, 9.17) is 4.52 Å². The van der Waals surface area contributed by atoms with Gasteiger partial charge >= 0.3 is 5.69 Å². The topological polar surface area (TPSA) is 102 Å². The van der Waals surface area contributed by atoms with Crippen LogP contribution in [-0.2, 0) is 6.54 Å². The highest BCUT2D eigenvalue weighted by molar-refractivity contribution is 5.35. The minimum Gasteiger partial charge on any atom is -0.392 e. The van der Waals surface area contributed by atoms with Crippen LogP contribution >= 0.6 is 0 Å². The smallest absolute Gasteiger partial charge is 0.350 e. The number of nitrogens with zero attached hydrogens (tertiary/aromatic N) is 6. The summed E-state index contributed by atoms with van der Waals surface area (Å²) >= 11 is 0. The first-order valence-electron chi connectivity index (χ1n) is 7.88. The molecule has 0 spiro atoms. The van der Waals surface area contributed by atoms with Gasteiger partial charge in [-0.15, -0.1) is 5.10 Å². The molecule has 1 fully saturated rings. The summed E-state index contributed by atoms with van der Waals surface area (Å²) in [6, 6.07) is 5.30. The van der Waals surface area contributed by atoms with Crippen LogP contribution < -0.4 is 5.69 Å². The Kier molecular flexibility index (Phi) is 3.66. The lowest BCUT2D eigenvalue weighted by molar-refractivity contribution is 0.169. The van der Waals surface area contributed by atoms with Gasteiger partial charge in [-0.3, -0.25) is 9.30 Å². The molecule has 4 rings (SSSR count). The molecule has 0 radical (unpaired) electrons. The van der Waals surface area contributed by atoms with Crippen LogP contribution in [0.5, 0.6) is 0 Å². The van der Waals surface area contributed by atoms with E-state index in [1.807, 2.05) is 11.0 Å². The number of pyridine rings is 1. The zero-order chi connectivity index (χ0) is 16.7. The van der Waals surface area contributed by atoms with Gasteiger partial charge in [-0.25, -0.2) is 9.48 Å². The molecular formula is C15H18N6O3. The maximum Gasteiger partial charge on any atom is 0.350 e. The molecule has 0 unspecified atom stereocenters. The average Bonchev–Trinajstić information content (AvgIpc) is 3.24. The molecule has 0 aliphatic carbocycles. The Bertz CT molecular complexity index is 913. The van der Waals surface area contributed by atoms with Crippen molar-refractivity contribution in [3.63, 3.8) is 0 Å². The minimum atomic E-state index is -0.444. The van der Waals surface area contributed by atoms with Crippen LogP contribution in [0.2, 0.25) is 0 Å². The predicted molar refractivity (Wildman–Crippen MR) is 83.4 cm³/mol. The molecule has 126 valence electrons. The maximum atomic E-state index is 12.3. The molecule has 9 nitrogen and oxygen atoms in total. The molecule has 3 aromatic heterocycles. The van der Waals surface area contributed by atoms with Gasteiger partial charge in [0.25, 0.3) is 0 Å². The van der Waals surface area contributed by atoms with Crippen LogP contribution in [0.3, 0.4) is 0 Å². The molecular weight excluding hydrogens is 312 g/mol. The lowest BCUT2D eigenvalue weighted by Crippen LogP contribution is -2.32. The number of aromatic nitrogens is 5. The summed E-state index contributed by atoms with van der Waals surface area (Å²) in [6.45, 7) is 3.26. The molecule has 2 atom stereocenters. The second kappa shape index (κ2) is 5.84. The summed E-state index contributed by atoms with van der Waals surface area (Å²) in [4.78, 5) is 18.6. The highest BCUT2D eigenvalue weighted by atomic mass is 16.5. The van der Waals surface area contributed by atoms with Crippen LogP contribution in [0.1, 0.15) is 24.2 Å². The molecule has 1 aliphatic heterocycles. The van der Waals surface area contributed by atoms with Gasteiger partial charge in [0.05, 0.1) is 18.7 Å². The summed E-state index contributed by atoms with van der Waals surface area (Å²) in [5.41, 5.74) is 0.448. The Balaban J connectivity index is 1.53. The second-order valence-corrected chi connectivity index (χ2v) is 6.01. The third-order valence-corrected chi connectivity index (χ3v) is 4.30. The fraction of sp³-hybridized carbons (Fsp3) is 0.467. The first-order valence-corrected chi connectivity index (χ1v) is 7.88. The zero-order valence-electron chi connectivity index (χ0n) is 13.2. The number of aliphatic hydroxyl groups excluding tert-OH is 1. The summed E-state index contributed by atoms with van der Waals surface area (Å²) in [5.74, 6) is 1.08. The quantitative estimate of drug-likeness (QED) is 0.718. The number of aryl methyl sites for hydroxylation is 1. The third-order valence-electron chi connectivity index (χ3n) is 4.30. The van der Waals surface area contributed by atoms with Crippen LogP contribution in [0.25, 0.3) is 5.65 Å². The normalized spacial score (nSPS) is 21.8. The van der Waals surface area contributed by atoms with E-state index >= 15 is 0 Å². The standard InChI is InChI=1S/C15H18N6O3/c1-10-16-14(24-18-10)12-8-11(22)9-19(12)6-7-21-15(23)20-5-3-2-4-13(20)17-21/h2-5,11-12,22H,6-9H2,1H3/t11-,12+/m0/s1. The molecule has 24 heavy (non-hydrogen) atoms. The lowest BCUT2D eigenvalue weighted by atomic mass is 10.2. The first kappa shape index (κ1) is 15.0. The molecule has 0 bridgehead atoms. The van der Waals surface area contributed by atoms with Crippen molar-refractivity contribution in [3.8, 4) is 0 Å². The number of aliphatic hydroxyl groups is 1. The monoisotopic (exact) mass is 330 g/mol. The Morgan fingerprint density at radius 3 is 3.00 bits per heavy atom. The number of likely N-dealkylation sites (tertiary alicyclic amines) is 1. The van der Waals surface area contributed by atoms with Gasteiger partial charge in [0.1, 0.15) is 0 Å². The number of rotatable bonds is 4. The average molecular weight is 330 g/mol. The van der Waals surface area contributed by atoms with Crippen molar-refractivity contribution >= 4 is 5.65 Å². The summed E-state index contributed by atoms with van der Waals surface area (Å²) in [6.07, 6.45) is 1.80. The van der Waals surface area contributed by atoms with Crippen molar-refractivity contribution in [1.29, 1.82) is 0 Å². The first-order chi connectivity index (χ1) is 11.6. The van der Waals surface area contributed by atoms with Gasteiger partial charge in [-0.1, -0.05) is 11.2 Å². The van der Waals surface area contributed by atoms with E-state index in [1.165, 1.54) is 9.08 Å². The number of β-amino-alcohol motifs (C(OH)–C–C–N with tert-alkyl or cyclic N) is 1. The van der Waals surface area contributed by atoms with Crippen molar-refractivity contribution in [2.75, 3.05) is 13.1 Å². The van der Waals surface area contributed by atoms with E-state index in [-0.39, 0.29) is 11.7 Å². The van der Waals surface area contributed by atoms with Crippen molar-refractivity contribution in [3.05, 3.63) is 46.6 Å². The van der Waals surface area contributed by atoms with Crippen LogP contribution in [-0.4, -0.2) is 53.5 Å². The van der Waals surface area contributed by atoms with E-state index in [0.717, 1.165) is 0 Å². The van der Waals surface area contributed by atoms with E-state index in [9.17, 15) is 9.90 Å². The highest BCUT2D eigenvalue weighted by Gasteiger charge is 2.35. The van der Waals surface area contributed by atoms with Gasteiger partial charge in [0.2, 0.25) is 5.89 Å². The fourth-order valence-electron chi connectivity index (χ4n) is 3.17. The molecule has 9 heteroatoms. The van der Waals surface area contributed by atoms with Crippen molar-refractivity contribution in [2.24, 2.45) is 0 Å². The Labute approximate surface area is 137 Å².